The van der Waals surface area contributed by atoms with Gasteiger partial charge in [-0.2, -0.15) is 0 Å². The monoisotopic (exact) mass is 202 g/mol. The summed E-state index contributed by atoms with van der Waals surface area (Å²) in [5, 5.41) is 10.6. The van der Waals surface area contributed by atoms with Crippen LogP contribution in [0, 0.1) is 5.92 Å². The summed E-state index contributed by atoms with van der Waals surface area (Å²) in [4.78, 5) is 0. The van der Waals surface area contributed by atoms with Crippen molar-refractivity contribution in [1.82, 2.24) is 0 Å². The number of benzene rings is 1. The van der Waals surface area contributed by atoms with E-state index in [4.69, 9.17) is 0 Å². The van der Waals surface area contributed by atoms with Gasteiger partial charge in [-0.15, -0.1) is 0 Å². The van der Waals surface area contributed by atoms with Gasteiger partial charge in [-0.05, 0) is 37.0 Å². The third-order valence-electron chi connectivity index (χ3n) is 3.51. The maximum absolute atomic E-state index is 10.6. The van der Waals surface area contributed by atoms with Crippen LogP contribution in [0.5, 0.6) is 0 Å². The van der Waals surface area contributed by atoms with Crippen LogP contribution in [-0.4, -0.2) is 5.11 Å². The summed E-state index contributed by atoms with van der Waals surface area (Å²) >= 11 is 0. The van der Waals surface area contributed by atoms with Crippen LogP contribution in [0.15, 0.2) is 30.3 Å². The third kappa shape index (κ3) is 1.51. The maximum Gasteiger partial charge on any atom is 0.0936 e. The minimum Gasteiger partial charge on any atom is -0.385 e. The van der Waals surface area contributed by atoms with Crippen LogP contribution in [0.2, 0.25) is 0 Å². The topological polar surface area (TPSA) is 20.2 Å². The van der Waals surface area contributed by atoms with E-state index in [-0.39, 0.29) is 5.92 Å². The first-order chi connectivity index (χ1) is 7.07. The Morgan fingerprint density at radius 1 is 1.33 bits per heavy atom. The molecule has 1 aliphatic carbocycles. The van der Waals surface area contributed by atoms with Crippen LogP contribution >= 0.6 is 0 Å². The van der Waals surface area contributed by atoms with Crippen molar-refractivity contribution in [3.05, 3.63) is 41.5 Å². The maximum atomic E-state index is 10.6. The summed E-state index contributed by atoms with van der Waals surface area (Å²) in [6.07, 6.45) is 3.17. The SMILES string of the molecule is CCC1C=C(C)c2ccccc2C1(C)O. The number of hydrogen-bond donors (Lipinski definition) is 1. The lowest BCUT2D eigenvalue weighted by atomic mass is 9.73. The minimum atomic E-state index is -0.717. The van der Waals surface area contributed by atoms with E-state index in [1.807, 2.05) is 25.1 Å². The van der Waals surface area contributed by atoms with Gasteiger partial charge in [0.2, 0.25) is 0 Å². The molecule has 0 amide bonds. The Morgan fingerprint density at radius 2 is 2.00 bits per heavy atom. The molecule has 0 radical (unpaired) electrons. The Morgan fingerprint density at radius 3 is 2.67 bits per heavy atom. The van der Waals surface area contributed by atoms with Crippen LogP contribution in [0.25, 0.3) is 5.57 Å². The predicted molar refractivity (Wildman–Crippen MR) is 63.4 cm³/mol. The molecule has 0 aliphatic heterocycles. The summed E-state index contributed by atoms with van der Waals surface area (Å²) in [5.74, 6) is 0.229. The molecule has 0 saturated carbocycles. The lowest BCUT2D eigenvalue weighted by Gasteiger charge is -2.36. The Kier molecular flexibility index (Phi) is 2.43. The van der Waals surface area contributed by atoms with Gasteiger partial charge in [0.1, 0.15) is 0 Å². The highest BCUT2D eigenvalue weighted by atomic mass is 16.3. The van der Waals surface area contributed by atoms with Crippen LogP contribution < -0.4 is 0 Å². The van der Waals surface area contributed by atoms with Crippen molar-refractivity contribution in [2.45, 2.75) is 32.8 Å². The molecule has 80 valence electrons. The first kappa shape index (κ1) is 10.4. The first-order valence-electron chi connectivity index (χ1n) is 5.58. The van der Waals surface area contributed by atoms with Crippen molar-refractivity contribution in [3.8, 4) is 0 Å². The van der Waals surface area contributed by atoms with Gasteiger partial charge >= 0.3 is 0 Å². The number of rotatable bonds is 1. The Bertz CT molecular complexity index is 402. The lowest BCUT2D eigenvalue weighted by molar-refractivity contribution is 0.0102. The van der Waals surface area contributed by atoms with Crippen molar-refractivity contribution in [2.75, 3.05) is 0 Å². The van der Waals surface area contributed by atoms with Crippen molar-refractivity contribution in [3.63, 3.8) is 0 Å². The molecule has 1 N–H and O–H groups in total. The highest BCUT2D eigenvalue weighted by Gasteiger charge is 2.36. The number of fused-ring (bicyclic) bond motifs is 1. The van der Waals surface area contributed by atoms with Gasteiger partial charge in [0.25, 0.3) is 0 Å². The van der Waals surface area contributed by atoms with E-state index in [2.05, 4.69) is 26.0 Å². The van der Waals surface area contributed by atoms with E-state index in [0.29, 0.717) is 0 Å². The molecule has 0 fully saturated rings. The Labute approximate surface area is 91.4 Å². The molecule has 2 unspecified atom stereocenters. The average molecular weight is 202 g/mol. The molecule has 0 spiro atoms. The van der Waals surface area contributed by atoms with E-state index in [1.54, 1.807) is 0 Å². The molecule has 1 heteroatoms. The van der Waals surface area contributed by atoms with Crippen LogP contribution in [0.1, 0.15) is 38.3 Å². The third-order valence-corrected chi connectivity index (χ3v) is 3.51. The quantitative estimate of drug-likeness (QED) is 0.740. The minimum absolute atomic E-state index is 0.229. The zero-order valence-electron chi connectivity index (χ0n) is 9.62. The van der Waals surface area contributed by atoms with Crippen molar-refractivity contribution in [1.29, 1.82) is 0 Å². The molecule has 2 atom stereocenters. The lowest BCUT2D eigenvalue weighted by Crippen LogP contribution is -2.33. The average Bonchev–Trinajstić information content (AvgIpc) is 2.24. The molecule has 1 aromatic carbocycles. The standard InChI is InChI=1S/C14H18O/c1-4-11-9-10(2)12-7-5-6-8-13(12)14(11,3)15/h5-9,11,15H,4H2,1-3H3. The largest absolute Gasteiger partial charge is 0.385 e. The van der Waals surface area contributed by atoms with Gasteiger partial charge in [0.15, 0.2) is 0 Å². The van der Waals surface area contributed by atoms with Crippen molar-refractivity contribution in [2.24, 2.45) is 5.92 Å². The second-order valence-electron chi connectivity index (χ2n) is 4.56. The fraction of sp³-hybridized carbons (Fsp3) is 0.429. The van der Waals surface area contributed by atoms with Gasteiger partial charge in [0.05, 0.1) is 5.60 Å². The molecule has 1 aliphatic rings. The Hall–Kier alpha value is -1.08. The zero-order valence-corrected chi connectivity index (χ0v) is 9.62. The molecule has 1 aromatic rings. The van der Waals surface area contributed by atoms with E-state index in [1.165, 1.54) is 11.1 Å². The fourth-order valence-corrected chi connectivity index (χ4v) is 2.54. The smallest absolute Gasteiger partial charge is 0.0936 e. The van der Waals surface area contributed by atoms with Crippen LogP contribution in [0.3, 0.4) is 0 Å². The number of aliphatic hydroxyl groups is 1. The fourth-order valence-electron chi connectivity index (χ4n) is 2.54. The molecule has 1 nitrogen and oxygen atoms in total. The molecule has 15 heavy (non-hydrogen) atoms. The molecule has 0 heterocycles. The van der Waals surface area contributed by atoms with Crippen molar-refractivity contribution >= 4 is 5.57 Å². The van der Waals surface area contributed by atoms with E-state index < -0.39 is 5.60 Å². The number of hydrogen-bond acceptors (Lipinski definition) is 1. The summed E-state index contributed by atoms with van der Waals surface area (Å²) in [6.45, 7) is 6.16. The van der Waals surface area contributed by atoms with Gasteiger partial charge in [-0.25, -0.2) is 0 Å². The van der Waals surface area contributed by atoms with Crippen molar-refractivity contribution < 1.29 is 5.11 Å². The van der Waals surface area contributed by atoms with Crippen LogP contribution in [0.4, 0.5) is 0 Å². The van der Waals surface area contributed by atoms with Gasteiger partial charge in [0, 0.05) is 5.92 Å². The predicted octanol–water partition coefficient (Wildman–Crippen LogP) is 3.34. The first-order valence-corrected chi connectivity index (χ1v) is 5.58. The van der Waals surface area contributed by atoms with Gasteiger partial charge in [-0.1, -0.05) is 37.3 Å². The van der Waals surface area contributed by atoms with E-state index in [0.717, 1.165) is 12.0 Å². The van der Waals surface area contributed by atoms with Crippen LogP contribution in [-0.2, 0) is 5.60 Å². The molecule has 0 bridgehead atoms. The molecule has 2 rings (SSSR count). The molecular weight excluding hydrogens is 184 g/mol. The van der Waals surface area contributed by atoms with E-state index in [9.17, 15) is 5.11 Å². The number of allylic oxidation sites excluding steroid dienone is 1. The normalized spacial score (nSPS) is 29.6. The summed E-state index contributed by atoms with van der Waals surface area (Å²) < 4.78 is 0. The highest BCUT2D eigenvalue weighted by Crippen LogP contribution is 2.41. The van der Waals surface area contributed by atoms with Gasteiger partial charge < -0.3 is 5.11 Å². The second-order valence-corrected chi connectivity index (χ2v) is 4.56. The highest BCUT2D eigenvalue weighted by molar-refractivity contribution is 5.70. The summed E-state index contributed by atoms with van der Waals surface area (Å²) in [6, 6.07) is 8.15. The summed E-state index contributed by atoms with van der Waals surface area (Å²) in [5.41, 5.74) is 2.82. The Balaban J connectivity index is 2.61. The molecule has 0 saturated heterocycles. The second kappa shape index (κ2) is 3.49. The molecule has 0 aromatic heterocycles. The zero-order chi connectivity index (χ0) is 11.1. The van der Waals surface area contributed by atoms with E-state index >= 15 is 0 Å². The van der Waals surface area contributed by atoms with Gasteiger partial charge in [-0.3, -0.25) is 0 Å². The molecular formula is C14H18O. The summed E-state index contributed by atoms with van der Waals surface area (Å²) in [7, 11) is 0.